The van der Waals surface area contributed by atoms with E-state index in [1.807, 2.05) is 0 Å². The Morgan fingerprint density at radius 3 is 2.38 bits per heavy atom. The van der Waals surface area contributed by atoms with Gasteiger partial charge in [0.05, 0.1) is 6.26 Å². The first-order valence-corrected chi connectivity index (χ1v) is 5.17. The third kappa shape index (κ3) is 1.62. The SMILES string of the molecule is O=C1CC2CCCCC2C/C1=C/O. The highest BCUT2D eigenvalue weighted by atomic mass is 16.2. The Balaban J connectivity index is 2.09. The number of aliphatic hydroxyl groups excluding tert-OH is 1. The lowest BCUT2D eigenvalue weighted by atomic mass is 9.69. The summed E-state index contributed by atoms with van der Waals surface area (Å²) in [5.74, 6) is 1.46. The summed E-state index contributed by atoms with van der Waals surface area (Å²) in [6, 6.07) is 0. The second-order valence-corrected chi connectivity index (χ2v) is 4.29. The molecule has 0 aromatic rings. The maximum Gasteiger partial charge on any atom is 0.162 e. The van der Waals surface area contributed by atoms with Crippen molar-refractivity contribution in [2.75, 3.05) is 0 Å². The molecule has 72 valence electrons. The minimum atomic E-state index is 0.172. The topological polar surface area (TPSA) is 37.3 Å². The summed E-state index contributed by atoms with van der Waals surface area (Å²) in [6.45, 7) is 0. The standard InChI is InChI=1S/C11H16O2/c12-7-10-5-8-3-1-2-4-9(8)6-11(10)13/h7-9,12H,1-6H2/b10-7-. The Morgan fingerprint density at radius 2 is 1.77 bits per heavy atom. The van der Waals surface area contributed by atoms with Crippen LogP contribution in [0.25, 0.3) is 0 Å². The maximum atomic E-state index is 11.5. The predicted molar refractivity (Wildman–Crippen MR) is 50.4 cm³/mol. The number of ketones is 1. The first kappa shape index (κ1) is 8.79. The summed E-state index contributed by atoms with van der Waals surface area (Å²) in [7, 11) is 0. The molecule has 2 atom stereocenters. The van der Waals surface area contributed by atoms with Crippen LogP contribution in [0.2, 0.25) is 0 Å². The van der Waals surface area contributed by atoms with E-state index in [1.54, 1.807) is 0 Å². The van der Waals surface area contributed by atoms with Gasteiger partial charge in [-0.2, -0.15) is 0 Å². The lowest BCUT2D eigenvalue weighted by Crippen LogP contribution is -2.29. The number of rotatable bonds is 0. The zero-order valence-corrected chi connectivity index (χ0v) is 7.83. The lowest BCUT2D eigenvalue weighted by molar-refractivity contribution is -0.119. The van der Waals surface area contributed by atoms with Crippen molar-refractivity contribution < 1.29 is 9.90 Å². The molecule has 0 amide bonds. The van der Waals surface area contributed by atoms with Gasteiger partial charge < -0.3 is 5.11 Å². The van der Waals surface area contributed by atoms with Crippen LogP contribution in [0.5, 0.6) is 0 Å². The zero-order chi connectivity index (χ0) is 9.26. The van der Waals surface area contributed by atoms with Crippen molar-refractivity contribution in [3.05, 3.63) is 11.8 Å². The average Bonchev–Trinajstić information content (AvgIpc) is 2.17. The van der Waals surface area contributed by atoms with E-state index in [9.17, 15) is 4.79 Å². The van der Waals surface area contributed by atoms with Crippen LogP contribution in [0.3, 0.4) is 0 Å². The van der Waals surface area contributed by atoms with Gasteiger partial charge in [0.25, 0.3) is 0 Å². The van der Waals surface area contributed by atoms with Crippen LogP contribution in [0, 0.1) is 11.8 Å². The Bertz CT molecular complexity index is 242. The number of carbonyl (C=O) groups excluding carboxylic acids is 1. The highest BCUT2D eigenvalue weighted by molar-refractivity contribution is 5.96. The molecule has 0 heterocycles. The molecule has 0 radical (unpaired) electrons. The summed E-state index contributed by atoms with van der Waals surface area (Å²) >= 11 is 0. The smallest absolute Gasteiger partial charge is 0.162 e. The highest BCUT2D eigenvalue weighted by Gasteiger charge is 2.33. The summed E-state index contributed by atoms with van der Waals surface area (Å²) < 4.78 is 0. The van der Waals surface area contributed by atoms with Crippen molar-refractivity contribution in [2.24, 2.45) is 11.8 Å². The van der Waals surface area contributed by atoms with Crippen LogP contribution < -0.4 is 0 Å². The van der Waals surface area contributed by atoms with Gasteiger partial charge in [0, 0.05) is 12.0 Å². The summed E-state index contributed by atoms with van der Waals surface area (Å²) in [6.07, 6.45) is 7.56. The van der Waals surface area contributed by atoms with E-state index in [4.69, 9.17) is 5.11 Å². The molecule has 0 aliphatic heterocycles. The van der Waals surface area contributed by atoms with E-state index in [0.29, 0.717) is 23.8 Å². The van der Waals surface area contributed by atoms with Gasteiger partial charge in [-0.1, -0.05) is 12.8 Å². The number of carbonyl (C=O) groups is 1. The molecule has 2 nitrogen and oxygen atoms in total. The molecule has 0 saturated heterocycles. The largest absolute Gasteiger partial charge is 0.515 e. The fourth-order valence-electron chi connectivity index (χ4n) is 2.71. The minimum Gasteiger partial charge on any atom is -0.515 e. The third-order valence-electron chi connectivity index (χ3n) is 3.51. The molecule has 1 N–H and O–H groups in total. The molecule has 2 unspecified atom stereocenters. The van der Waals surface area contributed by atoms with Crippen molar-refractivity contribution >= 4 is 5.78 Å². The van der Waals surface area contributed by atoms with Gasteiger partial charge in [-0.25, -0.2) is 0 Å². The molecule has 2 fully saturated rings. The summed E-state index contributed by atoms with van der Waals surface area (Å²) in [5.41, 5.74) is 0.656. The van der Waals surface area contributed by atoms with Gasteiger partial charge in [0.1, 0.15) is 0 Å². The minimum absolute atomic E-state index is 0.172. The molecule has 0 spiro atoms. The molecule has 2 heteroatoms. The normalized spacial score (nSPS) is 37.5. The highest BCUT2D eigenvalue weighted by Crippen LogP contribution is 2.40. The fourth-order valence-corrected chi connectivity index (χ4v) is 2.71. The van der Waals surface area contributed by atoms with E-state index in [1.165, 1.54) is 25.7 Å². The first-order chi connectivity index (χ1) is 6.31. The molecule has 0 aromatic heterocycles. The Morgan fingerprint density at radius 1 is 1.15 bits per heavy atom. The second-order valence-electron chi connectivity index (χ2n) is 4.29. The fraction of sp³-hybridized carbons (Fsp3) is 0.727. The number of aliphatic hydroxyl groups is 1. The third-order valence-corrected chi connectivity index (χ3v) is 3.51. The molecular formula is C11H16O2. The van der Waals surface area contributed by atoms with Crippen molar-refractivity contribution in [2.45, 2.75) is 38.5 Å². The van der Waals surface area contributed by atoms with Crippen LogP contribution in [-0.2, 0) is 4.79 Å². The predicted octanol–water partition coefficient (Wildman–Crippen LogP) is 2.60. The van der Waals surface area contributed by atoms with Gasteiger partial charge in [-0.3, -0.25) is 4.79 Å². The van der Waals surface area contributed by atoms with E-state index in [0.717, 1.165) is 12.7 Å². The maximum absolute atomic E-state index is 11.5. The van der Waals surface area contributed by atoms with Gasteiger partial charge in [-0.15, -0.1) is 0 Å². The van der Waals surface area contributed by atoms with Gasteiger partial charge >= 0.3 is 0 Å². The van der Waals surface area contributed by atoms with Crippen LogP contribution in [0.15, 0.2) is 11.8 Å². The van der Waals surface area contributed by atoms with E-state index < -0.39 is 0 Å². The van der Waals surface area contributed by atoms with Crippen molar-refractivity contribution in [1.82, 2.24) is 0 Å². The number of hydrogen-bond acceptors (Lipinski definition) is 2. The quantitative estimate of drug-likeness (QED) is 0.459. The summed E-state index contributed by atoms with van der Waals surface area (Å²) in [5, 5.41) is 8.87. The number of Topliss-reactive ketones (excluding diaryl/α,β-unsaturated/α-hetero) is 1. The Hall–Kier alpha value is -0.790. The van der Waals surface area contributed by atoms with Crippen molar-refractivity contribution in [3.63, 3.8) is 0 Å². The van der Waals surface area contributed by atoms with Crippen molar-refractivity contribution in [1.29, 1.82) is 0 Å². The Labute approximate surface area is 78.6 Å². The summed E-state index contributed by atoms with van der Waals surface area (Å²) in [4.78, 5) is 11.5. The first-order valence-electron chi connectivity index (χ1n) is 5.17. The number of allylic oxidation sites excluding steroid dienone is 1. The number of hydrogen-bond donors (Lipinski definition) is 1. The van der Waals surface area contributed by atoms with Crippen LogP contribution in [-0.4, -0.2) is 10.9 Å². The van der Waals surface area contributed by atoms with Crippen molar-refractivity contribution in [3.8, 4) is 0 Å². The van der Waals surface area contributed by atoms with Crippen LogP contribution in [0.1, 0.15) is 38.5 Å². The second kappa shape index (κ2) is 3.52. The molecular weight excluding hydrogens is 164 g/mol. The Kier molecular flexibility index (Phi) is 2.38. The molecule has 0 bridgehead atoms. The van der Waals surface area contributed by atoms with Crippen LogP contribution >= 0.6 is 0 Å². The van der Waals surface area contributed by atoms with E-state index >= 15 is 0 Å². The lowest BCUT2D eigenvalue weighted by Gasteiger charge is -2.35. The molecule has 2 saturated carbocycles. The molecule has 2 aliphatic rings. The average molecular weight is 180 g/mol. The number of fused-ring (bicyclic) bond motifs is 1. The molecule has 2 aliphatic carbocycles. The van der Waals surface area contributed by atoms with Gasteiger partial charge in [0.15, 0.2) is 5.78 Å². The molecule has 2 rings (SSSR count). The molecule has 13 heavy (non-hydrogen) atoms. The zero-order valence-electron chi connectivity index (χ0n) is 7.83. The molecule has 0 aromatic carbocycles. The van der Waals surface area contributed by atoms with Crippen LogP contribution in [0.4, 0.5) is 0 Å². The van der Waals surface area contributed by atoms with E-state index in [-0.39, 0.29) is 5.78 Å². The van der Waals surface area contributed by atoms with E-state index in [2.05, 4.69) is 0 Å². The van der Waals surface area contributed by atoms with Gasteiger partial charge in [-0.05, 0) is 31.1 Å². The van der Waals surface area contributed by atoms with Gasteiger partial charge in [0.2, 0.25) is 0 Å². The monoisotopic (exact) mass is 180 g/mol.